The van der Waals surface area contributed by atoms with Crippen LogP contribution in [0, 0.1) is 0 Å². The third kappa shape index (κ3) is 15.7. The molecule has 54 valence electrons. The number of carbonyl (C=O) groups is 2. The predicted molar refractivity (Wildman–Crippen MR) is 27.6 cm³/mol. The number of aliphatic carboxylic acids is 2. The number of carbonyl (C=O) groups excluding carboxylic acids is 1. The molecule has 6 heteroatoms. The van der Waals surface area contributed by atoms with Crippen LogP contribution in [0.2, 0.25) is 0 Å². The van der Waals surface area contributed by atoms with E-state index in [2.05, 4.69) is 0 Å². The summed E-state index contributed by atoms with van der Waals surface area (Å²) in [5, 5.41) is 17.4. The number of hydrogen-bond donors (Lipinski definition) is 1. The molecular formula is C4H5BrMgO4. The van der Waals surface area contributed by atoms with Crippen molar-refractivity contribution in [3.63, 3.8) is 0 Å². The summed E-state index contributed by atoms with van der Waals surface area (Å²) in [6, 6.07) is 0. The van der Waals surface area contributed by atoms with Gasteiger partial charge in [0, 0.05) is 5.97 Å². The normalized spacial score (nSPS) is 6.80. The van der Waals surface area contributed by atoms with Gasteiger partial charge in [-0.05, 0) is 6.42 Å². The topological polar surface area (TPSA) is 77.4 Å². The molecule has 10 heavy (non-hydrogen) atoms. The molecule has 0 saturated heterocycles. The maximum Gasteiger partial charge on any atom is 2.00 e. The van der Waals surface area contributed by atoms with Crippen molar-refractivity contribution in [3.8, 4) is 0 Å². The Kier molecular flexibility index (Phi) is 15.3. The van der Waals surface area contributed by atoms with Gasteiger partial charge in [-0.25, -0.2) is 0 Å². The number of hydrogen-bond acceptors (Lipinski definition) is 3. The molecule has 0 fully saturated rings. The summed E-state index contributed by atoms with van der Waals surface area (Å²) in [4.78, 5) is 19.1. The van der Waals surface area contributed by atoms with E-state index in [1.165, 1.54) is 0 Å². The Labute approximate surface area is 84.5 Å². The molecule has 0 bridgehead atoms. The number of carboxylic acid groups (broad SMARTS) is 2. The first-order valence-electron chi connectivity index (χ1n) is 2.04. The maximum atomic E-state index is 9.61. The van der Waals surface area contributed by atoms with Crippen LogP contribution < -0.4 is 22.1 Å². The van der Waals surface area contributed by atoms with Gasteiger partial charge in [-0.2, -0.15) is 0 Å². The molecule has 0 aliphatic heterocycles. The summed E-state index contributed by atoms with van der Waals surface area (Å²) >= 11 is 0. The SMILES string of the molecule is O=C([O-])CCC(=O)O.[Br-].[Mg+2]. The Morgan fingerprint density at radius 3 is 1.80 bits per heavy atom. The van der Waals surface area contributed by atoms with Gasteiger partial charge in [-0.15, -0.1) is 0 Å². The number of carboxylic acids is 2. The van der Waals surface area contributed by atoms with Gasteiger partial charge in [0.1, 0.15) is 0 Å². The van der Waals surface area contributed by atoms with Crippen LogP contribution in [0.15, 0.2) is 0 Å². The van der Waals surface area contributed by atoms with Crippen LogP contribution in [0.25, 0.3) is 0 Å². The molecule has 0 saturated carbocycles. The van der Waals surface area contributed by atoms with Gasteiger partial charge in [0.2, 0.25) is 0 Å². The van der Waals surface area contributed by atoms with Gasteiger partial charge in [0.15, 0.2) is 0 Å². The van der Waals surface area contributed by atoms with Crippen molar-refractivity contribution in [2.45, 2.75) is 12.8 Å². The van der Waals surface area contributed by atoms with E-state index in [4.69, 9.17) is 5.11 Å². The Bertz CT molecular complexity index is 102. The monoisotopic (exact) mass is 220 g/mol. The Morgan fingerprint density at radius 2 is 1.70 bits per heavy atom. The standard InChI is InChI=1S/C4H6O4.BrH.Mg/c5-3(6)1-2-4(7)8;;/h1-2H2,(H,5,6)(H,7,8);1H;/q;;+2/p-2. The van der Waals surface area contributed by atoms with Crippen LogP contribution >= 0.6 is 0 Å². The van der Waals surface area contributed by atoms with Crippen LogP contribution in [-0.4, -0.2) is 40.1 Å². The molecule has 0 heterocycles. The van der Waals surface area contributed by atoms with Gasteiger partial charge < -0.3 is 32.0 Å². The predicted octanol–water partition coefficient (Wildman–Crippen LogP) is -4.78. The minimum atomic E-state index is -1.33. The number of halogens is 1. The second-order valence-electron chi connectivity index (χ2n) is 1.27. The van der Waals surface area contributed by atoms with Crippen molar-refractivity contribution < 1.29 is 36.8 Å². The molecule has 1 N–H and O–H groups in total. The average molecular weight is 221 g/mol. The molecule has 0 aromatic heterocycles. The van der Waals surface area contributed by atoms with Gasteiger partial charge in [-0.3, -0.25) is 4.79 Å². The summed E-state index contributed by atoms with van der Waals surface area (Å²) in [5.41, 5.74) is 0. The van der Waals surface area contributed by atoms with Gasteiger partial charge in [0.05, 0.1) is 6.42 Å². The minimum absolute atomic E-state index is 0. The molecule has 0 radical (unpaired) electrons. The van der Waals surface area contributed by atoms with Crippen molar-refractivity contribution in [3.05, 3.63) is 0 Å². The fraction of sp³-hybridized carbons (Fsp3) is 0.500. The molecule has 4 nitrogen and oxygen atoms in total. The first-order chi connectivity index (χ1) is 3.63. The largest absolute Gasteiger partial charge is 2.00 e. The quantitative estimate of drug-likeness (QED) is 0.485. The molecule has 0 aromatic rings. The fourth-order valence-electron chi connectivity index (χ4n) is 0.209. The molecule has 0 spiro atoms. The summed E-state index contributed by atoms with van der Waals surface area (Å²) in [6.45, 7) is 0. The molecule has 0 aliphatic rings. The van der Waals surface area contributed by atoms with Crippen molar-refractivity contribution in [2.75, 3.05) is 0 Å². The third-order valence-corrected chi connectivity index (χ3v) is 0.543. The van der Waals surface area contributed by atoms with E-state index in [9.17, 15) is 14.7 Å². The molecule has 0 unspecified atom stereocenters. The first-order valence-corrected chi connectivity index (χ1v) is 2.04. The Morgan fingerprint density at radius 1 is 1.30 bits per heavy atom. The van der Waals surface area contributed by atoms with Crippen LogP contribution in [0.3, 0.4) is 0 Å². The van der Waals surface area contributed by atoms with Crippen LogP contribution in [0.1, 0.15) is 12.8 Å². The maximum absolute atomic E-state index is 9.61. The van der Waals surface area contributed by atoms with E-state index in [1.807, 2.05) is 0 Å². The van der Waals surface area contributed by atoms with E-state index in [0.717, 1.165) is 0 Å². The van der Waals surface area contributed by atoms with Crippen LogP contribution in [0.5, 0.6) is 0 Å². The minimum Gasteiger partial charge on any atom is -1.00 e. The molecule has 0 rings (SSSR count). The van der Waals surface area contributed by atoms with Gasteiger partial charge >= 0.3 is 29.0 Å². The van der Waals surface area contributed by atoms with Crippen molar-refractivity contribution in [2.24, 2.45) is 0 Å². The Balaban J connectivity index is -0.000000245. The average Bonchev–Trinajstić information content (AvgIpc) is 1.61. The fourth-order valence-corrected chi connectivity index (χ4v) is 0.209. The zero-order chi connectivity index (χ0) is 6.57. The van der Waals surface area contributed by atoms with Gasteiger partial charge in [0.25, 0.3) is 0 Å². The number of rotatable bonds is 3. The molecule has 0 aromatic carbocycles. The second kappa shape index (κ2) is 9.19. The molecular weight excluding hydrogens is 216 g/mol. The van der Waals surface area contributed by atoms with Gasteiger partial charge in [-0.1, -0.05) is 0 Å². The van der Waals surface area contributed by atoms with Crippen molar-refractivity contribution in [1.29, 1.82) is 0 Å². The zero-order valence-electron chi connectivity index (χ0n) is 5.17. The molecule has 0 aliphatic carbocycles. The summed E-state index contributed by atoms with van der Waals surface area (Å²) in [6.07, 6.45) is -0.766. The van der Waals surface area contributed by atoms with E-state index < -0.39 is 18.4 Å². The summed E-state index contributed by atoms with van der Waals surface area (Å²) in [5.74, 6) is -2.44. The zero-order valence-corrected chi connectivity index (χ0v) is 8.17. The first kappa shape index (κ1) is 16.6. The smallest absolute Gasteiger partial charge is 1.00 e. The Hall–Kier alpha value is 0.186. The van der Waals surface area contributed by atoms with Crippen LogP contribution in [0.4, 0.5) is 0 Å². The molecule has 0 amide bonds. The molecule has 0 atom stereocenters. The summed E-state index contributed by atoms with van der Waals surface area (Å²) < 4.78 is 0. The van der Waals surface area contributed by atoms with Crippen molar-refractivity contribution in [1.82, 2.24) is 0 Å². The van der Waals surface area contributed by atoms with Crippen molar-refractivity contribution >= 4 is 35.0 Å². The summed E-state index contributed by atoms with van der Waals surface area (Å²) in [7, 11) is 0. The van der Waals surface area contributed by atoms with E-state index >= 15 is 0 Å². The van der Waals surface area contributed by atoms with Crippen LogP contribution in [-0.2, 0) is 9.59 Å². The third-order valence-electron chi connectivity index (χ3n) is 0.543. The second-order valence-corrected chi connectivity index (χ2v) is 1.27. The van der Waals surface area contributed by atoms with E-state index in [-0.39, 0.29) is 46.5 Å². The van der Waals surface area contributed by atoms with E-state index in [0.29, 0.717) is 0 Å². The van der Waals surface area contributed by atoms with E-state index in [1.54, 1.807) is 0 Å².